The van der Waals surface area contributed by atoms with Crippen LogP contribution in [0.1, 0.15) is 28.8 Å². The van der Waals surface area contributed by atoms with E-state index < -0.39 is 11.9 Å². The molecule has 2 aromatic heterocycles. The fourth-order valence-electron chi connectivity index (χ4n) is 2.57. The predicted octanol–water partition coefficient (Wildman–Crippen LogP) is 1.61. The first-order valence-corrected chi connectivity index (χ1v) is 8.72. The normalized spacial score (nSPS) is 14.6. The smallest absolute Gasteiger partial charge is 0.356 e. The Morgan fingerprint density at radius 1 is 1.36 bits per heavy atom. The molecule has 0 saturated carbocycles. The number of nitrogens with zero attached hydrogens (tertiary/aromatic N) is 5. The molecular weight excluding hydrogens is 355 g/mol. The molecule has 0 bridgehead atoms. The Morgan fingerprint density at radius 3 is 2.92 bits per heavy atom. The van der Waals surface area contributed by atoms with Gasteiger partial charge in [0, 0.05) is 38.4 Å². The van der Waals surface area contributed by atoms with E-state index in [0.717, 1.165) is 47.8 Å². The third kappa shape index (κ3) is 4.27. The number of aromatic nitrogens is 4. The molecule has 0 spiro atoms. The maximum absolute atomic E-state index is 12.5. The van der Waals surface area contributed by atoms with Gasteiger partial charge in [0.05, 0.1) is 11.6 Å². The van der Waals surface area contributed by atoms with Crippen molar-refractivity contribution in [3.63, 3.8) is 0 Å². The highest BCUT2D eigenvalue weighted by molar-refractivity contribution is 7.09. The van der Waals surface area contributed by atoms with Gasteiger partial charge in [-0.2, -0.15) is 13.2 Å². The van der Waals surface area contributed by atoms with E-state index in [1.165, 1.54) is 0 Å². The van der Waals surface area contributed by atoms with Crippen LogP contribution < -0.4 is 10.6 Å². The average molecular weight is 373 g/mol. The van der Waals surface area contributed by atoms with Crippen molar-refractivity contribution in [1.82, 2.24) is 30.4 Å². The Bertz CT molecular complexity index is 750. The van der Waals surface area contributed by atoms with E-state index in [0.29, 0.717) is 30.5 Å². The van der Waals surface area contributed by atoms with Crippen LogP contribution in [0.5, 0.6) is 0 Å². The summed E-state index contributed by atoms with van der Waals surface area (Å²) in [5.74, 6) is 2.41. The third-order valence-electron chi connectivity index (χ3n) is 3.80. The van der Waals surface area contributed by atoms with E-state index in [1.54, 1.807) is 7.05 Å². The van der Waals surface area contributed by atoms with Crippen LogP contribution in [-0.2, 0) is 32.1 Å². The summed E-state index contributed by atoms with van der Waals surface area (Å²) in [6, 6.07) is 0. The number of guanidine groups is 1. The molecule has 25 heavy (non-hydrogen) atoms. The Hall–Kier alpha value is -2.17. The van der Waals surface area contributed by atoms with E-state index in [9.17, 15) is 13.2 Å². The minimum absolute atomic E-state index is 0.391. The molecule has 3 rings (SSSR count). The number of aliphatic imine (C=N–C) groups is 1. The van der Waals surface area contributed by atoms with Crippen LogP contribution in [0.3, 0.4) is 0 Å². The predicted molar refractivity (Wildman–Crippen MR) is 87.4 cm³/mol. The zero-order chi connectivity index (χ0) is 17.9. The topological polar surface area (TPSA) is 80.0 Å². The van der Waals surface area contributed by atoms with Gasteiger partial charge in [-0.05, 0) is 6.42 Å². The molecule has 0 unspecified atom stereocenters. The summed E-state index contributed by atoms with van der Waals surface area (Å²) < 4.78 is 39.7. The fourth-order valence-corrected chi connectivity index (χ4v) is 3.37. The molecule has 1 aliphatic rings. The van der Waals surface area contributed by atoms with Gasteiger partial charge in [0.25, 0.3) is 0 Å². The second kappa shape index (κ2) is 7.38. The van der Waals surface area contributed by atoms with E-state index in [1.807, 2.05) is 0 Å². The first-order chi connectivity index (χ1) is 12.0. The molecular formula is C14H18F3N7S. The lowest BCUT2D eigenvalue weighted by Gasteiger charge is -2.11. The van der Waals surface area contributed by atoms with Crippen molar-refractivity contribution in [2.75, 3.05) is 13.6 Å². The number of nitrogens with one attached hydrogen (secondary N) is 2. The summed E-state index contributed by atoms with van der Waals surface area (Å²) >= 11 is 1.01. The van der Waals surface area contributed by atoms with Gasteiger partial charge in [0.2, 0.25) is 0 Å². The van der Waals surface area contributed by atoms with Gasteiger partial charge in [-0.25, -0.2) is 4.98 Å². The number of thiazole rings is 1. The van der Waals surface area contributed by atoms with E-state index in [2.05, 4.69) is 35.4 Å². The summed E-state index contributed by atoms with van der Waals surface area (Å²) in [7, 11) is 1.63. The monoisotopic (exact) mass is 373 g/mol. The maximum atomic E-state index is 12.5. The van der Waals surface area contributed by atoms with Crippen molar-refractivity contribution in [3.05, 3.63) is 27.7 Å². The first kappa shape index (κ1) is 17.6. The summed E-state index contributed by atoms with van der Waals surface area (Å²) in [5.41, 5.74) is -0.837. The van der Waals surface area contributed by atoms with Crippen molar-refractivity contribution in [2.45, 2.75) is 38.5 Å². The molecule has 0 amide bonds. The quantitative estimate of drug-likeness (QED) is 0.615. The van der Waals surface area contributed by atoms with Gasteiger partial charge in [0.15, 0.2) is 17.5 Å². The lowest BCUT2D eigenvalue weighted by atomic mass is 10.4. The SMILES string of the molecule is CN=C(NCCc1nc(C(F)(F)F)cs1)NCc1nnc2n1CCC2. The van der Waals surface area contributed by atoms with Crippen LogP contribution in [-0.4, -0.2) is 39.3 Å². The van der Waals surface area contributed by atoms with Crippen molar-refractivity contribution < 1.29 is 13.2 Å². The van der Waals surface area contributed by atoms with Gasteiger partial charge < -0.3 is 15.2 Å². The molecule has 1 aliphatic heterocycles. The minimum atomic E-state index is -4.39. The Balaban J connectivity index is 1.46. The lowest BCUT2D eigenvalue weighted by molar-refractivity contribution is -0.140. The average Bonchev–Trinajstić information content (AvgIpc) is 3.27. The fraction of sp³-hybridized carbons (Fsp3) is 0.571. The highest BCUT2D eigenvalue weighted by Gasteiger charge is 2.33. The molecule has 0 atom stereocenters. The highest BCUT2D eigenvalue weighted by Crippen LogP contribution is 2.29. The van der Waals surface area contributed by atoms with Gasteiger partial charge in [-0.1, -0.05) is 0 Å². The van der Waals surface area contributed by atoms with Gasteiger partial charge in [-0.15, -0.1) is 21.5 Å². The van der Waals surface area contributed by atoms with Crippen molar-refractivity contribution >= 4 is 17.3 Å². The zero-order valence-electron chi connectivity index (χ0n) is 13.6. The molecule has 11 heteroatoms. The van der Waals surface area contributed by atoms with Crippen LogP contribution in [0.15, 0.2) is 10.4 Å². The third-order valence-corrected chi connectivity index (χ3v) is 4.71. The van der Waals surface area contributed by atoms with Crippen molar-refractivity contribution in [3.8, 4) is 0 Å². The maximum Gasteiger partial charge on any atom is 0.434 e. The van der Waals surface area contributed by atoms with Crippen molar-refractivity contribution in [2.24, 2.45) is 4.99 Å². The largest absolute Gasteiger partial charge is 0.434 e. The molecule has 136 valence electrons. The Morgan fingerprint density at radius 2 is 2.20 bits per heavy atom. The Labute approximate surface area is 146 Å². The van der Waals surface area contributed by atoms with Crippen LogP contribution in [0.25, 0.3) is 0 Å². The second-order valence-electron chi connectivity index (χ2n) is 5.51. The number of hydrogen-bond donors (Lipinski definition) is 2. The van der Waals surface area contributed by atoms with Crippen molar-refractivity contribution in [1.29, 1.82) is 0 Å². The summed E-state index contributed by atoms with van der Waals surface area (Å²) in [5, 5.41) is 16.0. The number of rotatable bonds is 5. The summed E-state index contributed by atoms with van der Waals surface area (Å²) in [6.07, 6.45) is -1.97. The molecule has 2 N–H and O–H groups in total. The van der Waals surface area contributed by atoms with Crippen LogP contribution in [0, 0.1) is 0 Å². The van der Waals surface area contributed by atoms with Gasteiger partial charge in [0.1, 0.15) is 5.82 Å². The molecule has 0 aromatic carbocycles. The van der Waals surface area contributed by atoms with E-state index >= 15 is 0 Å². The van der Waals surface area contributed by atoms with E-state index in [-0.39, 0.29) is 0 Å². The lowest BCUT2D eigenvalue weighted by Crippen LogP contribution is -2.38. The standard InChI is InChI=1S/C14H18F3N7S/c1-18-13(20-7-11-23-22-10-3-2-6-24(10)11)19-5-4-12-21-9(8-25-12)14(15,16)17/h8H,2-7H2,1H3,(H2,18,19,20). The first-order valence-electron chi connectivity index (χ1n) is 7.84. The van der Waals surface area contributed by atoms with E-state index in [4.69, 9.17) is 0 Å². The number of hydrogen-bond acceptors (Lipinski definition) is 5. The van der Waals surface area contributed by atoms with Gasteiger partial charge >= 0.3 is 6.18 Å². The molecule has 0 radical (unpaired) electrons. The highest BCUT2D eigenvalue weighted by atomic mass is 32.1. The van der Waals surface area contributed by atoms with Crippen LogP contribution >= 0.6 is 11.3 Å². The number of alkyl halides is 3. The van der Waals surface area contributed by atoms with Crippen LogP contribution in [0.4, 0.5) is 13.2 Å². The van der Waals surface area contributed by atoms with Gasteiger partial charge in [-0.3, -0.25) is 4.99 Å². The number of fused-ring (bicyclic) bond motifs is 1. The van der Waals surface area contributed by atoms with Crippen LogP contribution in [0.2, 0.25) is 0 Å². The minimum Gasteiger partial charge on any atom is -0.356 e. The molecule has 0 aliphatic carbocycles. The summed E-state index contributed by atoms with van der Waals surface area (Å²) in [6.45, 7) is 1.85. The zero-order valence-corrected chi connectivity index (χ0v) is 14.4. The molecule has 3 heterocycles. The molecule has 7 nitrogen and oxygen atoms in total. The Kier molecular flexibility index (Phi) is 5.21. The summed E-state index contributed by atoms with van der Waals surface area (Å²) in [4.78, 5) is 7.70. The second-order valence-corrected chi connectivity index (χ2v) is 6.46. The molecule has 0 saturated heterocycles. The molecule has 2 aromatic rings. The number of aryl methyl sites for hydroxylation is 1. The number of halogens is 3. The molecule has 0 fully saturated rings.